The van der Waals surface area contributed by atoms with Gasteiger partial charge in [0.25, 0.3) is 0 Å². The molecule has 2 unspecified atom stereocenters. The molecule has 3 aliphatic heterocycles. The molecule has 0 aromatic carbocycles. The molecule has 1 aliphatic carbocycles. The number of hydrogen-bond acceptors (Lipinski definition) is 6. The molecule has 1 aromatic heterocycles. The van der Waals surface area contributed by atoms with Gasteiger partial charge in [-0.25, -0.2) is 9.88 Å². The summed E-state index contributed by atoms with van der Waals surface area (Å²) < 4.78 is 6.49. The highest BCUT2D eigenvalue weighted by Crippen LogP contribution is 2.83. The number of halogens is 1. The van der Waals surface area contributed by atoms with Gasteiger partial charge in [-0.2, -0.15) is 5.26 Å². The minimum absolute atomic E-state index is 0.181. The number of aliphatic hydroxyl groups is 1. The van der Waals surface area contributed by atoms with E-state index in [9.17, 15) is 14.7 Å². The topological polar surface area (TPSA) is 104 Å². The molecule has 4 aliphatic rings. The second kappa shape index (κ2) is 4.11. The molecule has 8 heteroatoms. The van der Waals surface area contributed by atoms with Crippen molar-refractivity contribution in [3.05, 3.63) is 22.4 Å². The highest BCUT2D eigenvalue weighted by molar-refractivity contribution is 9.10. The molecule has 128 valence electrons. The number of fused-ring (bicyclic) bond motifs is 4. The molecule has 25 heavy (non-hydrogen) atoms. The van der Waals surface area contributed by atoms with Crippen molar-refractivity contribution in [3.63, 3.8) is 0 Å². The largest absolute Gasteiger partial charge is 0.390 e. The Morgan fingerprint density at radius 3 is 2.84 bits per heavy atom. The molecule has 2 amide bonds. The SMILES string of the molecule is CC12C[C@H](O)C(C)(O1)[C@]13C(=O)N(c4cnc(C#N)c(Br)c4)C(=O)[C@@H]1[C@H]23. The molecular formula is C17H14BrN3O4. The van der Waals surface area contributed by atoms with Crippen LogP contribution in [0.1, 0.15) is 26.0 Å². The Bertz CT molecular complexity index is 929. The Morgan fingerprint density at radius 1 is 1.48 bits per heavy atom. The quantitative estimate of drug-likeness (QED) is 0.704. The molecule has 2 bridgehead atoms. The van der Waals surface area contributed by atoms with Gasteiger partial charge in [0.15, 0.2) is 5.69 Å². The number of pyridine rings is 1. The smallest absolute Gasteiger partial charge is 0.244 e. The van der Waals surface area contributed by atoms with E-state index >= 15 is 0 Å². The van der Waals surface area contributed by atoms with Crippen molar-refractivity contribution in [2.24, 2.45) is 17.3 Å². The fourth-order valence-corrected chi connectivity index (χ4v) is 6.11. The minimum Gasteiger partial charge on any atom is -0.390 e. The fraction of sp³-hybridized carbons (Fsp3) is 0.529. The average molecular weight is 404 g/mol. The number of rotatable bonds is 1. The number of imide groups is 1. The van der Waals surface area contributed by atoms with Crippen molar-refractivity contribution in [1.29, 1.82) is 5.26 Å². The number of carbonyl (C=O) groups excluding carboxylic acids is 2. The van der Waals surface area contributed by atoms with E-state index in [1.54, 1.807) is 13.0 Å². The monoisotopic (exact) mass is 403 g/mol. The normalized spacial score (nSPS) is 46.2. The summed E-state index contributed by atoms with van der Waals surface area (Å²) >= 11 is 3.24. The Hall–Kier alpha value is -1.82. The van der Waals surface area contributed by atoms with E-state index in [1.165, 1.54) is 6.20 Å². The number of anilines is 1. The lowest BCUT2D eigenvalue weighted by molar-refractivity contribution is -0.141. The number of nitrogens with zero attached hydrogens (tertiary/aromatic N) is 3. The van der Waals surface area contributed by atoms with E-state index in [4.69, 9.17) is 10.00 Å². The third-order valence-electron chi connectivity index (χ3n) is 6.60. The van der Waals surface area contributed by atoms with Crippen LogP contribution in [-0.4, -0.2) is 39.2 Å². The van der Waals surface area contributed by atoms with E-state index < -0.39 is 28.6 Å². The Labute approximate surface area is 151 Å². The molecule has 3 saturated heterocycles. The summed E-state index contributed by atoms with van der Waals surface area (Å²) in [6.07, 6.45) is 1.02. The third-order valence-corrected chi connectivity index (χ3v) is 7.20. The van der Waals surface area contributed by atoms with Gasteiger partial charge in [-0.15, -0.1) is 0 Å². The standard InChI is InChI=1S/C17H14BrN3O4/c1-15-4-10(22)16(2,25-15)17-11(12(15)17)13(23)21(14(17)24)7-3-8(18)9(5-19)20-6-7/h3,6,10-12,22H,4H2,1-2H3/t10-,11-,12+,15?,16?,17+/m0/s1. The van der Waals surface area contributed by atoms with Crippen LogP contribution in [-0.2, 0) is 14.3 Å². The first kappa shape index (κ1) is 15.4. The zero-order valence-corrected chi connectivity index (χ0v) is 15.1. The first-order valence-electron chi connectivity index (χ1n) is 8.04. The van der Waals surface area contributed by atoms with Crippen LogP contribution in [0.3, 0.4) is 0 Å². The second-order valence-corrected chi connectivity index (χ2v) is 8.53. The number of aromatic nitrogens is 1. The van der Waals surface area contributed by atoms with E-state index in [2.05, 4.69) is 20.9 Å². The number of carbonyl (C=O) groups is 2. The van der Waals surface area contributed by atoms with Gasteiger partial charge in [0.1, 0.15) is 11.7 Å². The van der Waals surface area contributed by atoms with Crippen LogP contribution >= 0.6 is 15.9 Å². The second-order valence-electron chi connectivity index (χ2n) is 7.68. The maximum absolute atomic E-state index is 13.3. The summed E-state index contributed by atoms with van der Waals surface area (Å²) in [4.78, 5) is 31.4. The molecule has 1 aromatic rings. The molecule has 5 rings (SSSR count). The number of hydrogen-bond donors (Lipinski definition) is 1. The summed E-state index contributed by atoms with van der Waals surface area (Å²) in [6, 6.07) is 3.48. The van der Waals surface area contributed by atoms with Gasteiger partial charge in [-0.3, -0.25) is 9.59 Å². The van der Waals surface area contributed by atoms with E-state index in [1.807, 2.05) is 13.0 Å². The Kier molecular flexibility index (Phi) is 2.54. The molecule has 1 N–H and O–H groups in total. The third kappa shape index (κ3) is 1.37. The van der Waals surface area contributed by atoms with Gasteiger partial charge in [0.05, 0.1) is 39.4 Å². The van der Waals surface area contributed by atoms with Crippen LogP contribution in [0.15, 0.2) is 16.7 Å². The van der Waals surface area contributed by atoms with Crippen LogP contribution in [0.4, 0.5) is 5.69 Å². The van der Waals surface area contributed by atoms with Crippen LogP contribution in [0.25, 0.3) is 0 Å². The highest BCUT2D eigenvalue weighted by Gasteiger charge is 2.96. The van der Waals surface area contributed by atoms with E-state index in [0.717, 1.165) is 4.90 Å². The van der Waals surface area contributed by atoms with Crippen molar-refractivity contribution >= 4 is 33.4 Å². The van der Waals surface area contributed by atoms with Crippen LogP contribution < -0.4 is 4.90 Å². The van der Waals surface area contributed by atoms with Crippen molar-refractivity contribution in [3.8, 4) is 6.07 Å². The highest BCUT2D eigenvalue weighted by atomic mass is 79.9. The van der Waals surface area contributed by atoms with Crippen LogP contribution in [0, 0.1) is 28.6 Å². The van der Waals surface area contributed by atoms with Crippen LogP contribution in [0.5, 0.6) is 0 Å². The maximum Gasteiger partial charge on any atom is 0.244 e. The van der Waals surface area contributed by atoms with Gasteiger partial charge in [-0.1, -0.05) is 0 Å². The minimum atomic E-state index is -1.05. The summed E-state index contributed by atoms with van der Waals surface area (Å²) in [5.41, 5.74) is -2.17. The maximum atomic E-state index is 13.3. The first-order valence-corrected chi connectivity index (χ1v) is 8.84. The van der Waals surface area contributed by atoms with Crippen molar-refractivity contribution in [2.45, 2.75) is 37.6 Å². The Morgan fingerprint density at radius 2 is 2.20 bits per heavy atom. The zero-order chi connectivity index (χ0) is 17.9. The summed E-state index contributed by atoms with van der Waals surface area (Å²) in [6.45, 7) is 3.62. The van der Waals surface area contributed by atoms with Crippen molar-refractivity contribution in [1.82, 2.24) is 4.98 Å². The zero-order valence-electron chi connectivity index (χ0n) is 13.5. The molecule has 4 heterocycles. The lowest BCUT2D eigenvalue weighted by atomic mass is 9.72. The van der Waals surface area contributed by atoms with Gasteiger partial charge in [-0.05, 0) is 35.8 Å². The van der Waals surface area contributed by atoms with Gasteiger partial charge in [0.2, 0.25) is 11.8 Å². The first-order chi connectivity index (χ1) is 11.7. The molecule has 4 fully saturated rings. The van der Waals surface area contributed by atoms with Gasteiger partial charge in [0, 0.05) is 12.3 Å². The molecule has 1 spiro atoms. The molecule has 1 saturated carbocycles. The number of piperidine rings is 1. The number of amides is 2. The molecule has 7 nitrogen and oxygen atoms in total. The fourth-order valence-electron chi connectivity index (χ4n) is 5.68. The van der Waals surface area contributed by atoms with Crippen molar-refractivity contribution in [2.75, 3.05) is 4.90 Å². The lowest BCUT2D eigenvalue weighted by Gasteiger charge is -2.33. The summed E-state index contributed by atoms with van der Waals surface area (Å²) in [5, 5.41) is 19.5. The molecular weight excluding hydrogens is 390 g/mol. The van der Waals surface area contributed by atoms with Gasteiger partial charge >= 0.3 is 0 Å². The molecule has 0 radical (unpaired) electrons. The summed E-state index contributed by atoms with van der Waals surface area (Å²) in [7, 11) is 0. The lowest BCUT2D eigenvalue weighted by Crippen LogP contribution is -2.51. The molecule has 6 atom stereocenters. The number of ether oxygens (including phenoxy) is 1. The average Bonchev–Trinajstić information content (AvgIpc) is 3.08. The summed E-state index contributed by atoms with van der Waals surface area (Å²) in [5.74, 6) is -1.26. The van der Waals surface area contributed by atoms with Crippen molar-refractivity contribution < 1.29 is 19.4 Å². The predicted octanol–water partition coefficient (Wildman–Crippen LogP) is 1.13. The number of nitriles is 1. The Balaban J connectivity index is 1.61. The van der Waals surface area contributed by atoms with Crippen LogP contribution in [0.2, 0.25) is 0 Å². The van der Waals surface area contributed by atoms with E-state index in [0.29, 0.717) is 16.6 Å². The van der Waals surface area contributed by atoms with Gasteiger partial charge < -0.3 is 9.84 Å². The predicted molar refractivity (Wildman–Crippen MR) is 87.1 cm³/mol. The van der Waals surface area contributed by atoms with E-state index in [-0.39, 0.29) is 23.4 Å². The number of aliphatic hydroxyl groups excluding tert-OH is 1.